The first-order valence-corrected chi connectivity index (χ1v) is 11.3. The van der Waals surface area contributed by atoms with E-state index in [1.54, 1.807) is 0 Å². The molecule has 0 aliphatic rings. The van der Waals surface area contributed by atoms with Crippen LogP contribution in [0, 0.1) is 0 Å². The maximum Gasteiger partial charge on any atom is 0.362 e. The van der Waals surface area contributed by atoms with Crippen LogP contribution in [0.1, 0.15) is 112 Å². The molecule has 3 heteroatoms. The van der Waals surface area contributed by atoms with Crippen molar-refractivity contribution in [2.75, 3.05) is 26.7 Å². The quantitative estimate of drug-likeness (QED) is 0.176. The highest BCUT2D eigenvalue weighted by Gasteiger charge is 2.28. The Kier molecular flexibility index (Phi) is 14.2. The number of hydrogen-bond acceptors (Lipinski definition) is 2. The normalized spacial score (nSPS) is 12.4. The first-order valence-electron chi connectivity index (χ1n) is 11.3. The molecule has 0 atom stereocenters. The van der Waals surface area contributed by atoms with E-state index in [0.717, 1.165) is 17.6 Å². The topological polar surface area (TPSA) is 26.3 Å². The Bertz CT molecular complexity index is 331. The van der Waals surface area contributed by atoms with E-state index in [0.29, 0.717) is 6.54 Å². The number of carbonyl (C=O) groups excluding carboxylic acids is 1. The van der Waals surface area contributed by atoms with Crippen molar-refractivity contribution >= 4 is 5.97 Å². The molecule has 0 N–H and O–H groups in total. The number of likely N-dealkylation sites (N-methyl/N-ethyl adjacent to an activating group) is 1. The average Bonchev–Trinajstić information content (AvgIpc) is 2.52. The molecule has 0 bridgehead atoms. The zero-order valence-electron chi connectivity index (χ0n) is 18.9. The highest BCUT2D eigenvalue weighted by Crippen LogP contribution is 2.15. The highest BCUT2D eigenvalue weighted by molar-refractivity contribution is 5.71. The minimum atomic E-state index is -0.387. The van der Waals surface area contributed by atoms with Crippen molar-refractivity contribution in [3.8, 4) is 0 Å². The van der Waals surface area contributed by atoms with Crippen molar-refractivity contribution in [1.29, 1.82) is 0 Å². The zero-order chi connectivity index (χ0) is 19.9. The number of ether oxygens (including phenoxy) is 1. The lowest BCUT2D eigenvalue weighted by molar-refractivity contribution is -0.903. The Labute approximate surface area is 164 Å². The second kappa shape index (κ2) is 14.5. The third-order valence-electron chi connectivity index (χ3n) is 5.03. The number of carbonyl (C=O) groups is 1. The summed E-state index contributed by atoms with van der Waals surface area (Å²) >= 11 is 0. The van der Waals surface area contributed by atoms with E-state index >= 15 is 0 Å². The van der Waals surface area contributed by atoms with Crippen molar-refractivity contribution in [2.24, 2.45) is 0 Å². The van der Waals surface area contributed by atoms with Crippen LogP contribution in [-0.2, 0) is 9.53 Å². The van der Waals surface area contributed by atoms with Gasteiger partial charge >= 0.3 is 5.97 Å². The van der Waals surface area contributed by atoms with Crippen LogP contribution in [0.15, 0.2) is 0 Å². The van der Waals surface area contributed by atoms with Crippen molar-refractivity contribution in [2.45, 2.75) is 117 Å². The predicted octanol–water partition coefficient (Wildman–Crippen LogP) is 6.50. The minimum absolute atomic E-state index is 0.0445. The van der Waals surface area contributed by atoms with Gasteiger partial charge in [0.2, 0.25) is 0 Å². The Morgan fingerprint density at radius 3 is 1.50 bits per heavy atom. The van der Waals surface area contributed by atoms with Gasteiger partial charge < -0.3 is 9.22 Å². The van der Waals surface area contributed by atoms with Crippen LogP contribution in [0.4, 0.5) is 0 Å². The van der Waals surface area contributed by atoms with E-state index in [-0.39, 0.29) is 11.6 Å². The molecule has 0 fully saturated rings. The summed E-state index contributed by atoms with van der Waals surface area (Å²) in [7, 11) is 2.25. The molecular weight excluding hydrogens is 322 g/mol. The van der Waals surface area contributed by atoms with E-state index in [1.165, 1.54) is 77.0 Å². The molecule has 0 aromatic carbocycles. The molecule has 0 heterocycles. The third-order valence-corrected chi connectivity index (χ3v) is 5.03. The summed E-state index contributed by atoms with van der Waals surface area (Å²) in [6, 6.07) is 0. The fourth-order valence-electron chi connectivity index (χ4n) is 3.50. The lowest BCUT2D eigenvalue weighted by atomic mass is 10.1. The van der Waals surface area contributed by atoms with E-state index in [1.807, 2.05) is 20.8 Å². The third kappa shape index (κ3) is 15.7. The molecular formula is C23H48NO2+. The molecule has 0 saturated heterocycles. The molecule has 0 unspecified atom stereocenters. The summed E-state index contributed by atoms with van der Waals surface area (Å²) in [5, 5.41) is 0. The summed E-state index contributed by atoms with van der Waals surface area (Å²) < 4.78 is 6.44. The van der Waals surface area contributed by atoms with Gasteiger partial charge in [-0.2, -0.15) is 0 Å². The second-order valence-electron chi connectivity index (χ2n) is 9.35. The first-order chi connectivity index (χ1) is 12.2. The Balaban J connectivity index is 4.37. The van der Waals surface area contributed by atoms with Crippen molar-refractivity contribution in [1.82, 2.24) is 0 Å². The smallest absolute Gasteiger partial charge is 0.362 e. The molecule has 0 aliphatic carbocycles. The maximum absolute atomic E-state index is 12.4. The fourth-order valence-corrected chi connectivity index (χ4v) is 3.50. The second-order valence-corrected chi connectivity index (χ2v) is 9.35. The molecule has 0 aromatic rings. The van der Waals surface area contributed by atoms with Crippen LogP contribution in [-0.4, -0.2) is 42.7 Å². The largest absolute Gasteiger partial charge is 0.456 e. The fraction of sp³-hybridized carbons (Fsp3) is 0.957. The number of quaternary nitrogens is 1. The Morgan fingerprint density at radius 2 is 1.12 bits per heavy atom. The molecule has 0 aromatic heterocycles. The Hall–Kier alpha value is -0.570. The molecule has 0 radical (unpaired) electrons. The summed E-state index contributed by atoms with van der Waals surface area (Å²) in [6.07, 6.45) is 15.7. The SMILES string of the molecule is CCCCCCCC[N+](C)(CCCCCCCC)CC(=O)OC(C)(C)C. The van der Waals surface area contributed by atoms with Gasteiger partial charge in [-0.3, -0.25) is 0 Å². The Morgan fingerprint density at radius 1 is 0.731 bits per heavy atom. The van der Waals surface area contributed by atoms with Gasteiger partial charge in [0.15, 0.2) is 6.54 Å². The van der Waals surface area contributed by atoms with Gasteiger partial charge in [0, 0.05) is 0 Å². The molecule has 156 valence electrons. The van der Waals surface area contributed by atoms with Crippen molar-refractivity contribution in [3.05, 3.63) is 0 Å². The van der Waals surface area contributed by atoms with Gasteiger partial charge in [-0.25, -0.2) is 4.79 Å². The number of rotatable bonds is 16. The molecule has 26 heavy (non-hydrogen) atoms. The van der Waals surface area contributed by atoms with Crippen LogP contribution >= 0.6 is 0 Å². The summed E-state index contributed by atoms with van der Waals surface area (Å²) in [4.78, 5) is 12.4. The van der Waals surface area contributed by atoms with Gasteiger partial charge in [0.25, 0.3) is 0 Å². The van der Waals surface area contributed by atoms with E-state index in [2.05, 4.69) is 20.9 Å². The van der Waals surface area contributed by atoms with Crippen LogP contribution in [0.25, 0.3) is 0 Å². The van der Waals surface area contributed by atoms with Gasteiger partial charge in [0.05, 0.1) is 20.1 Å². The number of hydrogen-bond donors (Lipinski definition) is 0. The molecule has 0 saturated carbocycles. The van der Waals surface area contributed by atoms with Crippen LogP contribution < -0.4 is 0 Å². The number of unbranched alkanes of at least 4 members (excludes halogenated alkanes) is 10. The minimum Gasteiger partial charge on any atom is -0.456 e. The monoisotopic (exact) mass is 370 g/mol. The van der Waals surface area contributed by atoms with Crippen LogP contribution in [0.3, 0.4) is 0 Å². The summed E-state index contributed by atoms with van der Waals surface area (Å²) in [5.41, 5.74) is -0.387. The average molecular weight is 371 g/mol. The van der Waals surface area contributed by atoms with Crippen LogP contribution in [0.5, 0.6) is 0 Å². The predicted molar refractivity (Wildman–Crippen MR) is 113 cm³/mol. The summed E-state index contributed by atoms with van der Waals surface area (Å²) in [6.45, 7) is 13.1. The number of nitrogens with zero attached hydrogens (tertiary/aromatic N) is 1. The lowest BCUT2D eigenvalue weighted by Crippen LogP contribution is -2.50. The standard InChI is InChI=1S/C23H48NO2/c1-7-9-11-13-15-17-19-24(6,20-18-16-14-12-10-8-2)21-22(25)26-23(3,4)5/h7-21H2,1-6H3/q+1. The molecule has 0 amide bonds. The number of esters is 1. The highest BCUT2D eigenvalue weighted by atomic mass is 16.6. The van der Waals surface area contributed by atoms with Crippen LogP contribution in [0.2, 0.25) is 0 Å². The van der Waals surface area contributed by atoms with Gasteiger partial charge in [-0.15, -0.1) is 0 Å². The lowest BCUT2D eigenvalue weighted by Gasteiger charge is -2.35. The van der Waals surface area contributed by atoms with Gasteiger partial charge in [-0.05, 0) is 46.5 Å². The molecule has 0 aliphatic heterocycles. The molecule has 0 spiro atoms. The van der Waals surface area contributed by atoms with Crippen molar-refractivity contribution in [3.63, 3.8) is 0 Å². The van der Waals surface area contributed by atoms with Crippen molar-refractivity contribution < 1.29 is 14.0 Å². The van der Waals surface area contributed by atoms with E-state index in [4.69, 9.17) is 4.74 Å². The van der Waals surface area contributed by atoms with E-state index < -0.39 is 0 Å². The molecule has 3 nitrogen and oxygen atoms in total. The zero-order valence-corrected chi connectivity index (χ0v) is 18.9. The van der Waals surface area contributed by atoms with E-state index in [9.17, 15) is 4.79 Å². The maximum atomic E-state index is 12.4. The van der Waals surface area contributed by atoms with Gasteiger partial charge in [-0.1, -0.05) is 65.2 Å². The van der Waals surface area contributed by atoms with Gasteiger partial charge in [0.1, 0.15) is 5.60 Å². The first kappa shape index (κ1) is 25.4. The molecule has 0 rings (SSSR count). The summed E-state index contributed by atoms with van der Waals surface area (Å²) in [5.74, 6) is -0.0445.